The first kappa shape index (κ1) is 57.2. The fraction of sp³-hybridized carbons (Fsp3) is 0.155. The van der Waals surface area contributed by atoms with Gasteiger partial charge in [0.25, 0.3) is 0 Å². The zero-order chi connectivity index (χ0) is 62.4. The average molecular weight is 1200 g/mol. The lowest BCUT2D eigenvalue weighted by molar-refractivity contribution is 0.483. The van der Waals surface area contributed by atoms with Gasteiger partial charge in [-0.1, -0.05) is 238 Å². The first-order valence-corrected chi connectivity index (χ1v) is 33.9. The van der Waals surface area contributed by atoms with E-state index in [2.05, 4.69) is 354 Å². The number of fused-ring (bicyclic) bond motifs is 7. The van der Waals surface area contributed by atoms with E-state index in [0.29, 0.717) is 6.67 Å². The smallest absolute Gasteiger partial charge is 0.179 e. The van der Waals surface area contributed by atoms with Gasteiger partial charge in [-0.25, -0.2) is 4.98 Å². The van der Waals surface area contributed by atoms with Crippen molar-refractivity contribution in [3.05, 3.63) is 296 Å². The van der Waals surface area contributed by atoms with Crippen LogP contribution in [0.25, 0.3) is 66.2 Å². The molecule has 7 heteroatoms. The van der Waals surface area contributed by atoms with Gasteiger partial charge >= 0.3 is 0 Å². The van der Waals surface area contributed by atoms with Gasteiger partial charge in [0.05, 0.1) is 33.4 Å². The van der Waals surface area contributed by atoms with Crippen molar-refractivity contribution in [3.63, 3.8) is 0 Å². The fourth-order valence-corrected chi connectivity index (χ4v) is 18.9. The van der Waals surface area contributed by atoms with Crippen molar-refractivity contribution < 1.29 is 4.74 Å². The van der Waals surface area contributed by atoms with Crippen LogP contribution in [-0.2, 0) is 16.2 Å². The predicted molar refractivity (Wildman–Crippen MR) is 387 cm³/mol. The molecule has 4 heterocycles. The minimum absolute atomic E-state index is 0.0765. The number of nitrogens with zero attached hydrogens (tertiary/aromatic N) is 5. The molecule has 15 rings (SSSR count). The molecule has 91 heavy (non-hydrogen) atoms. The minimum atomic E-state index is -2.86. The highest BCUT2D eigenvalue weighted by Gasteiger charge is 2.42. The summed E-state index contributed by atoms with van der Waals surface area (Å²) in [4.78, 5) is 10.1. The lowest BCUT2D eigenvalue weighted by Gasteiger charge is -2.34. The maximum Gasteiger partial charge on any atom is 0.179 e. The van der Waals surface area contributed by atoms with Crippen molar-refractivity contribution in [1.82, 2.24) is 14.1 Å². The Hall–Kier alpha value is -10.2. The zero-order valence-corrected chi connectivity index (χ0v) is 54.4. The van der Waals surface area contributed by atoms with E-state index in [1.807, 2.05) is 6.20 Å². The molecule has 0 N–H and O–H groups in total. The molecule has 0 saturated heterocycles. The van der Waals surface area contributed by atoms with E-state index in [0.717, 1.165) is 56.2 Å². The molecule has 0 amide bonds. The van der Waals surface area contributed by atoms with Crippen LogP contribution in [0.5, 0.6) is 11.5 Å². The molecule has 6 nitrogen and oxygen atoms in total. The molecule has 446 valence electrons. The number of hydrogen-bond acceptors (Lipinski definition) is 4. The highest BCUT2D eigenvalue weighted by molar-refractivity contribution is 7.20. The zero-order valence-electron chi connectivity index (χ0n) is 53.4. The van der Waals surface area contributed by atoms with Crippen molar-refractivity contribution in [3.8, 4) is 34.1 Å². The Morgan fingerprint density at radius 2 is 0.901 bits per heavy atom. The Labute approximate surface area is 535 Å². The molecule has 14 aromatic rings. The second-order valence-corrected chi connectivity index (χ2v) is 31.5. The number of hydrogen-bond donors (Lipinski definition) is 0. The quantitative estimate of drug-likeness (QED) is 0.0956. The maximum atomic E-state index is 7.11. The molecular formula is C84H75N5OSi. The van der Waals surface area contributed by atoms with Gasteiger partial charge in [0, 0.05) is 62.5 Å². The number of para-hydroxylation sites is 3. The van der Waals surface area contributed by atoms with E-state index >= 15 is 0 Å². The van der Waals surface area contributed by atoms with Gasteiger partial charge in [-0.05, 0) is 144 Å². The second kappa shape index (κ2) is 22.1. The molecule has 0 unspecified atom stereocenters. The molecule has 1 aliphatic rings. The van der Waals surface area contributed by atoms with Crippen LogP contribution < -0.4 is 35.3 Å². The van der Waals surface area contributed by atoms with E-state index in [4.69, 9.17) is 9.72 Å². The summed E-state index contributed by atoms with van der Waals surface area (Å²) in [6.45, 7) is 21.3. The Morgan fingerprint density at radius 1 is 0.352 bits per heavy atom. The monoisotopic (exact) mass is 1200 g/mol. The SMILES string of the molecule is CC(C)(C)c1cc(N2CN(c3cccc(Oc4ccc5c6cc(-n7c8ccccc8c8ccccc87)ccc6n(-c6cc(C(C)(C)C)ccn6)c5c4)c3)c3cccc(-c4cccc([Si](c5ccccc5)(c5ccccc5)c5ccccc5)c4)c32)cc(C(C)(C)C)c1. The first-order valence-electron chi connectivity index (χ1n) is 31.9. The molecular weight excluding hydrogens is 1120 g/mol. The van der Waals surface area contributed by atoms with Crippen LogP contribution in [0.4, 0.5) is 22.7 Å². The molecule has 11 aromatic carbocycles. The number of rotatable bonds is 11. The number of benzene rings is 11. The summed E-state index contributed by atoms with van der Waals surface area (Å²) in [7, 11) is -2.86. The Kier molecular flexibility index (Phi) is 13.9. The van der Waals surface area contributed by atoms with Gasteiger partial charge in [0.1, 0.15) is 24.0 Å². The van der Waals surface area contributed by atoms with E-state index in [-0.39, 0.29) is 16.2 Å². The highest BCUT2D eigenvalue weighted by atomic mass is 28.3. The van der Waals surface area contributed by atoms with Gasteiger partial charge < -0.3 is 19.1 Å². The fourth-order valence-electron chi connectivity index (χ4n) is 14.1. The second-order valence-electron chi connectivity index (χ2n) is 27.7. The third-order valence-electron chi connectivity index (χ3n) is 18.8. The van der Waals surface area contributed by atoms with Gasteiger partial charge in [-0.15, -0.1) is 0 Å². The molecule has 0 fully saturated rings. The standard InChI is InChI=1S/C84H75N5OSi/c1-82(2,3)58-46-47-85-80(52-58)89-77-45-42-62(88-75-39-21-19-36-71(75)72-37-20-22-40-76(72)88)54-74(77)73-44-43-65(55-79(73)89)90-64-28-24-27-61(53-64)86-56-87(63-50-59(83(4,5)6)49-60(51-63)84(7,8)9)81-70(38-25-41-78(81)86)57-26-23-35-69(48-57)91(66-29-13-10-14-30-66,67-31-15-11-16-32-67)68-33-17-12-18-34-68/h10-55H,56H2,1-9H3. The largest absolute Gasteiger partial charge is 0.457 e. The number of aromatic nitrogens is 3. The molecule has 1 aliphatic heterocycles. The van der Waals surface area contributed by atoms with Crippen LogP contribution in [0.15, 0.2) is 279 Å². The minimum Gasteiger partial charge on any atom is -0.457 e. The van der Waals surface area contributed by atoms with Crippen molar-refractivity contribution in [2.24, 2.45) is 0 Å². The summed E-state index contributed by atoms with van der Waals surface area (Å²) in [5.41, 5.74) is 16.0. The van der Waals surface area contributed by atoms with Gasteiger partial charge in [0.2, 0.25) is 0 Å². The lowest BCUT2D eigenvalue weighted by atomic mass is 9.80. The third-order valence-corrected chi connectivity index (χ3v) is 23.6. The van der Waals surface area contributed by atoms with Gasteiger partial charge in [0.15, 0.2) is 8.07 Å². The van der Waals surface area contributed by atoms with E-state index in [1.165, 1.54) is 81.7 Å². The van der Waals surface area contributed by atoms with Crippen LogP contribution in [-0.4, -0.2) is 28.9 Å². The van der Waals surface area contributed by atoms with E-state index in [9.17, 15) is 0 Å². The predicted octanol–water partition coefficient (Wildman–Crippen LogP) is 19.3. The lowest BCUT2D eigenvalue weighted by Crippen LogP contribution is -2.74. The summed E-state index contributed by atoms with van der Waals surface area (Å²) >= 11 is 0. The summed E-state index contributed by atoms with van der Waals surface area (Å²) in [6.07, 6.45) is 1.95. The van der Waals surface area contributed by atoms with Crippen molar-refractivity contribution in [2.45, 2.75) is 78.6 Å². The summed E-state index contributed by atoms with van der Waals surface area (Å²) in [6, 6.07) is 101. The summed E-state index contributed by atoms with van der Waals surface area (Å²) < 4.78 is 11.8. The Balaban J connectivity index is 0.865. The maximum absolute atomic E-state index is 7.11. The van der Waals surface area contributed by atoms with Gasteiger partial charge in [-0.2, -0.15) is 0 Å². The van der Waals surface area contributed by atoms with Crippen molar-refractivity contribution >= 4 is 95.2 Å². The molecule has 0 saturated carbocycles. The highest BCUT2D eigenvalue weighted by Crippen LogP contribution is 2.51. The van der Waals surface area contributed by atoms with E-state index in [1.54, 1.807) is 0 Å². The normalized spacial score (nSPS) is 13.0. The number of pyridine rings is 1. The number of ether oxygens (including phenoxy) is 1. The Morgan fingerprint density at radius 3 is 1.53 bits per heavy atom. The topological polar surface area (TPSA) is 38.5 Å². The molecule has 0 atom stereocenters. The Bertz CT molecular complexity index is 4900. The van der Waals surface area contributed by atoms with Crippen LogP contribution in [0.3, 0.4) is 0 Å². The van der Waals surface area contributed by atoms with Crippen LogP contribution in [0.2, 0.25) is 0 Å². The first-order chi connectivity index (χ1) is 44.0. The molecule has 0 aliphatic carbocycles. The number of anilines is 4. The van der Waals surface area contributed by atoms with Gasteiger partial charge in [-0.3, -0.25) is 4.57 Å². The van der Waals surface area contributed by atoms with Crippen LogP contribution >= 0.6 is 0 Å². The van der Waals surface area contributed by atoms with Crippen molar-refractivity contribution in [1.29, 1.82) is 0 Å². The molecule has 0 spiro atoms. The molecule has 0 bridgehead atoms. The molecule has 0 radical (unpaired) electrons. The summed E-state index contributed by atoms with van der Waals surface area (Å²) in [5, 5.41) is 10.1. The van der Waals surface area contributed by atoms with E-state index < -0.39 is 8.07 Å². The molecule has 3 aromatic heterocycles. The third kappa shape index (κ3) is 9.99. The van der Waals surface area contributed by atoms with Crippen molar-refractivity contribution in [2.75, 3.05) is 16.5 Å². The van der Waals surface area contributed by atoms with Crippen LogP contribution in [0.1, 0.15) is 79.0 Å². The van der Waals surface area contributed by atoms with Crippen LogP contribution in [0, 0.1) is 0 Å². The average Bonchev–Trinajstić information content (AvgIpc) is 1.82. The summed E-state index contributed by atoms with van der Waals surface area (Å²) in [5.74, 6) is 2.36.